The lowest BCUT2D eigenvalue weighted by molar-refractivity contribution is -0.0377. The van der Waals surface area contributed by atoms with Gasteiger partial charge in [0, 0.05) is 12.6 Å². The molecule has 0 aliphatic heterocycles. The maximum atomic E-state index is 9.95. The zero-order chi connectivity index (χ0) is 12.8. The molecular weight excluding hydrogens is 226 g/mol. The second-order valence-corrected chi connectivity index (χ2v) is 5.93. The number of guanidine groups is 1. The molecule has 0 aromatic rings. The van der Waals surface area contributed by atoms with Gasteiger partial charge < -0.3 is 16.2 Å². The molecule has 2 saturated carbocycles. The van der Waals surface area contributed by atoms with Crippen molar-refractivity contribution in [3.8, 4) is 0 Å². The molecular formula is C14H27N3O. The van der Waals surface area contributed by atoms with Crippen LogP contribution in [-0.2, 0) is 0 Å². The van der Waals surface area contributed by atoms with E-state index in [-0.39, 0.29) is 0 Å². The summed E-state index contributed by atoms with van der Waals surface area (Å²) in [5.41, 5.74) is 5.46. The highest BCUT2D eigenvalue weighted by Gasteiger charge is 2.33. The van der Waals surface area contributed by atoms with Crippen molar-refractivity contribution in [2.45, 2.75) is 75.9 Å². The number of nitrogens with two attached hydrogens (primary N) is 1. The summed E-state index contributed by atoms with van der Waals surface area (Å²) in [5, 5.41) is 13.3. The molecule has 0 bridgehead atoms. The number of nitrogens with one attached hydrogen (secondary N) is 1. The van der Waals surface area contributed by atoms with Gasteiger partial charge in [-0.3, -0.25) is 4.99 Å². The van der Waals surface area contributed by atoms with Crippen molar-refractivity contribution in [1.29, 1.82) is 0 Å². The first-order valence-electron chi connectivity index (χ1n) is 7.47. The first-order valence-corrected chi connectivity index (χ1v) is 7.47. The molecule has 4 N–H and O–H groups in total. The summed E-state index contributed by atoms with van der Waals surface area (Å²) < 4.78 is 0. The molecule has 4 nitrogen and oxygen atoms in total. The van der Waals surface area contributed by atoms with E-state index in [9.17, 15) is 5.11 Å². The first kappa shape index (κ1) is 13.7. The predicted octanol–water partition coefficient (Wildman–Crippen LogP) is 1.92. The largest absolute Gasteiger partial charge is 0.390 e. The molecule has 0 aromatic carbocycles. The summed E-state index contributed by atoms with van der Waals surface area (Å²) in [6, 6.07) is 0.503. The molecule has 0 amide bonds. The molecule has 2 aliphatic carbocycles. The van der Waals surface area contributed by atoms with Crippen LogP contribution in [0.4, 0.5) is 0 Å². The van der Waals surface area contributed by atoms with Crippen molar-refractivity contribution in [2.75, 3.05) is 6.54 Å². The summed E-state index contributed by atoms with van der Waals surface area (Å²) >= 11 is 0. The van der Waals surface area contributed by atoms with Gasteiger partial charge in [0.25, 0.3) is 0 Å². The number of aliphatic hydroxyl groups is 1. The molecule has 0 atom stereocenters. The highest BCUT2D eigenvalue weighted by molar-refractivity contribution is 5.78. The monoisotopic (exact) mass is 253 g/mol. The number of nitrogens with zero attached hydrogens (tertiary/aromatic N) is 1. The van der Waals surface area contributed by atoms with Crippen LogP contribution in [0, 0.1) is 0 Å². The van der Waals surface area contributed by atoms with Gasteiger partial charge >= 0.3 is 0 Å². The molecule has 4 heteroatoms. The minimum absolute atomic E-state index is 0.438. The lowest BCUT2D eigenvalue weighted by Gasteiger charge is -2.36. The molecule has 0 unspecified atom stereocenters. The van der Waals surface area contributed by atoms with Crippen molar-refractivity contribution < 1.29 is 5.11 Å². The molecule has 2 fully saturated rings. The van der Waals surface area contributed by atoms with Crippen LogP contribution < -0.4 is 11.1 Å². The van der Waals surface area contributed by atoms with E-state index in [2.05, 4.69) is 10.3 Å². The van der Waals surface area contributed by atoms with Gasteiger partial charge in [-0.2, -0.15) is 0 Å². The minimum Gasteiger partial charge on any atom is -0.390 e. The minimum atomic E-state index is -0.438. The van der Waals surface area contributed by atoms with Gasteiger partial charge in [0.15, 0.2) is 5.96 Å². The fraction of sp³-hybridized carbons (Fsp3) is 0.929. The zero-order valence-electron chi connectivity index (χ0n) is 11.3. The third-order valence-electron chi connectivity index (χ3n) is 4.35. The van der Waals surface area contributed by atoms with Crippen LogP contribution in [-0.4, -0.2) is 29.3 Å². The zero-order valence-corrected chi connectivity index (χ0v) is 11.3. The van der Waals surface area contributed by atoms with Crippen LogP contribution in [0.15, 0.2) is 4.99 Å². The molecule has 2 rings (SSSR count). The summed E-state index contributed by atoms with van der Waals surface area (Å²) in [7, 11) is 0. The molecule has 104 valence electrons. The SMILES string of the molecule is NC(=NCCC1(O)CCC1)NC1CCCCCC1. The topological polar surface area (TPSA) is 70.6 Å². The second kappa shape index (κ2) is 6.41. The Morgan fingerprint density at radius 3 is 2.39 bits per heavy atom. The van der Waals surface area contributed by atoms with Crippen molar-refractivity contribution in [3.05, 3.63) is 0 Å². The van der Waals surface area contributed by atoms with Crippen LogP contribution in [0.2, 0.25) is 0 Å². The maximum absolute atomic E-state index is 9.95. The predicted molar refractivity (Wildman–Crippen MR) is 74.5 cm³/mol. The third kappa shape index (κ3) is 4.16. The van der Waals surface area contributed by atoms with Gasteiger partial charge in [-0.1, -0.05) is 25.7 Å². The number of hydrogen-bond donors (Lipinski definition) is 3. The third-order valence-corrected chi connectivity index (χ3v) is 4.35. The second-order valence-electron chi connectivity index (χ2n) is 5.93. The van der Waals surface area contributed by atoms with Crippen LogP contribution in [0.3, 0.4) is 0 Å². The molecule has 0 aromatic heterocycles. The lowest BCUT2D eigenvalue weighted by Crippen LogP contribution is -2.41. The van der Waals surface area contributed by atoms with E-state index in [0.29, 0.717) is 18.5 Å². The van der Waals surface area contributed by atoms with E-state index in [0.717, 1.165) is 25.7 Å². The Morgan fingerprint density at radius 1 is 1.17 bits per heavy atom. The van der Waals surface area contributed by atoms with Gasteiger partial charge in [0.1, 0.15) is 0 Å². The molecule has 0 heterocycles. The number of aliphatic imine (C=N–C) groups is 1. The van der Waals surface area contributed by atoms with Crippen molar-refractivity contribution in [1.82, 2.24) is 5.32 Å². The van der Waals surface area contributed by atoms with Crippen molar-refractivity contribution >= 4 is 5.96 Å². The molecule has 18 heavy (non-hydrogen) atoms. The number of hydrogen-bond acceptors (Lipinski definition) is 2. The first-order chi connectivity index (χ1) is 8.68. The Kier molecular flexibility index (Phi) is 4.87. The summed E-state index contributed by atoms with van der Waals surface area (Å²) in [4.78, 5) is 4.34. The molecule has 0 saturated heterocycles. The van der Waals surface area contributed by atoms with E-state index in [1.807, 2.05) is 0 Å². The molecule has 0 spiro atoms. The Hall–Kier alpha value is -0.770. The van der Waals surface area contributed by atoms with Gasteiger partial charge in [-0.05, 0) is 38.5 Å². The van der Waals surface area contributed by atoms with Crippen LogP contribution in [0.5, 0.6) is 0 Å². The van der Waals surface area contributed by atoms with E-state index in [1.54, 1.807) is 0 Å². The maximum Gasteiger partial charge on any atom is 0.188 e. The molecule has 2 aliphatic rings. The smallest absolute Gasteiger partial charge is 0.188 e. The highest BCUT2D eigenvalue weighted by atomic mass is 16.3. The average molecular weight is 253 g/mol. The lowest BCUT2D eigenvalue weighted by atomic mass is 9.78. The van der Waals surface area contributed by atoms with Gasteiger partial charge in [0.05, 0.1) is 5.60 Å². The van der Waals surface area contributed by atoms with Crippen molar-refractivity contribution in [3.63, 3.8) is 0 Å². The summed E-state index contributed by atoms with van der Waals surface area (Å²) in [5.74, 6) is 0.560. The quantitative estimate of drug-likeness (QED) is 0.407. The standard InChI is InChI=1S/C14H27N3O/c15-13(16-11-10-14(18)8-5-9-14)17-12-6-3-1-2-4-7-12/h12,18H,1-11H2,(H3,15,16,17). The fourth-order valence-corrected chi connectivity index (χ4v) is 2.90. The van der Waals surface area contributed by atoms with Gasteiger partial charge in [0.2, 0.25) is 0 Å². The van der Waals surface area contributed by atoms with E-state index in [4.69, 9.17) is 5.73 Å². The Morgan fingerprint density at radius 2 is 1.83 bits per heavy atom. The van der Waals surface area contributed by atoms with Crippen LogP contribution in [0.1, 0.15) is 64.2 Å². The van der Waals surface area contributed by atoms with E-state index in [1.165, 1.54) is 38.5 Å². The number of rotatable bonds is 4. The van der Waals surface area contributed by atoms with Crippen molar-refractivity contribution in [2.24, 2.45) is 10.7 Å². The summed E-state index contributed by atoms with van der Waals surface area (Å²) in [6.07, 6.45) is 11.5. The normalized spacial score (nSPS) is 25.3. The van der Waals surface area contributed by atoms with Crippen LogP contribution in [0.25, 0.3) is 0 Å². The van der Waals surface area contributed by atoms with E-state index < -0.39 is 5.60 Å². The highest BCUT2D eigenvalue weighted by Crippen LogP contribution is 2.34. The Labute approximate surface area is 110 Å². The van der Waals surface area contributed by atoms with Gasteiger partial charge in [-0.25, -0.2) is 0 Å². The van der Waals surface area contributed by atoms with E-state index >= 15 is 0 Å². The molecule has 0 radical (unpaired) electrons. The Bertz CT molecular complexity index is 279. The van der Waals surface area contributed by atoms with Gasteiger partial charge in [-0.15, -0.1) is 0 Å². The summed E-state index contributed by atoms with van der Waals surface area (Å²) in [6.45, 7) is 0.641. The Balaban J connectivity index is 1.67. The van der Waals surface area contributed by atoms with Crippen LogP contribution >= 0.6 is 0 Å². The fourth-order valence-electron chi connectivity index (χ4n) is 2.90. The average Bonchev–Trinajstić information content (AvgIpc) is 2.55.